The number of hydrogen-bond acceptors (Lipinski definition) is 3. The smallest absolute Gasteiger partial charge is 0.139 e. The average Bonchev–Trinajstić information content (AvgIpc) is 2.85. The minimum atomic E-state index is -0.369. The van der Waals surface area contributed by atoms with Crippen LogP contribution in [0.1, 0.15) is 19.5 Å². The first kappa shape index (κ1) is 14.5. The Hall–Kier alpha value is -2.40. The lowest BCUT2D eigenvalue weighted by Gasteiger charge is -2.10. The van der Waals surface area contributed by atoms with Gasteiger partial charge in [-0.2, -0.15) is 0 Å². The van der Waals surface area contributed by atoms with Crippen molar-refractivity contribution in [1.82, 2.24) is 9.38 Å². The van der Waals surface area contributed by atoms with Gasteiger partial charge in [0.15, 0.2) is 0 Å². The molecule has 0 fully saturated rings. The molecule has 1 N–H and O–H groups in total. The second-order valence-electron chi connectivity index (χ2n) is 5.33. The van der Waals surface area contributed by atoms with Gasteiger partial charge < -0.3 is 9.84 Å². The van der Waals surface area contributed by atoms with E-state index in [4.69, 9.17) is 4.74 Å². The monoisotopic (exact) mass is 300 g/mol. The number of aliphatic hydroxyl groups excluding tert-OH is 1. The van der Waals surface area contributed by atoms with Crippen molar-refractivity contribution in [3.8, 4) is 17.0 Å². The summed E-state index contributed by atoms with van der Waals surface area (Å²) in [5, 5.41) is 9.62. The van der Waals surface area contributed by atoms with Crippen molar-refractivity contribution >= 4 is 5.65 Å². The van der Waals surface area contributed by atoms with Crippen LogP contribution in [0.25, 0.3) is 16.9 Å². The third-order valence-electron chi connectivity index (χ3n) is 3.33. The fourth-order valence-corrected chi connectivity index (χ4v) is 2.41. The minimum Gasteiger partial charge on any atom is -0.491 e. The Bertz CT molecular complexity index is 794. The maximum absolute atomic E-state index is 13.4. The molecule has 0 bridgehead atoms. The molecule has 0 aliphatic rings. The number of pyridine rings is 1. The van der Waals surface area contributed by atoms with Gasteiger partial charge in [0.25, 0.3) is 0 Å². The maximum atomic E-state index is 13.4. The molecule has 0 aliphatic carbocycles. The van der Waals surface area contributed by atoms with Crippen LogP contribution >= 0.6 is 0 Å². The summed E-state index contributed by atoms with van der Waals surface area (Å²) in [6.45, 7) is 3.72. The highest BCUT2D eigenvalue weighted by atomic mass is 19.1. The van der Waals surface area contributed by atoms with Crippen LogP contribution in [0, 0.1) is 5.82 Å². The van der Waals surface area contributed by atoms with Gasteiger partial charge in [-0.05, 0) is 50.2 Å². The number of fused-ring (bicyclic) bond motifs is 1. The number of nitrogens with zero attached hydrogens (tertiary/aromatic N) is 2. The molecule has 0 amide bonds. The molecule has 0 radical (unpaired) electrons. The summed E-state index contributed by atoms with van der Waals surface area (Å²) in [5.74, 6) is 0.408. The second-order valence-corrected chi connectivity index (χ2v) is 5.33. The number of aliphatic hydroxyl groups is 1. The van der Waals surface area contributed by atoms with Crippen LogP contribution in [0.15, 0.2) is 42.6 Å². The Kier molecular flexibility index (Phi) is 3.81. The van der Waals surface area contributed by atoms with Gasteiger partial charge in [0.2, 0.25) is 0 Å². The van der Waals surface area contributed by atoms with Crippen molar-refractivity contribution < 1.29 is 14.2 Å². The Morgan fingerprint density at radius 3 is 2.55 bits per heavy atom. The number of ether oxygens (including phenoxy) is 1. The zero-order chi connectivity index (χ0) is 15.7. The molecule has 0 atom stereocenters. The van der Waals surface area contributed by atoms with E-state index in [0.29, 0.717) is 17.0 Å². The van der Waals surface area contributed by atoms with Gasteiger partial charge in [-0.1, -0.05) is 0 Å². The molecular weight excluding hydrogens is 283 g/mol. The number of halogens is 1. The first-order chi connectivity index (χ1) is 10.6. The lowest BCUT2D eigenvalue weighted by atomic mass is 10.1. The standard InChI is InChI=1S/C17H17FN2O2/c1-11(2)22-14-6-3-12(4-7-14)17-15(10-21)20-9-13(18)5-8-16(20)19-17/h3-9,11,21H,10H2,1-2H3. The number of hydrogen-bond donors (Lipinski definition) is 1. The summed E-state index contributed by atoms with van der Waals surface area (Å²) >= 11 is 0. The van der Waals surface area contributed by atoms with E-state index in [-0.39, 0.29) is 18.5 Å². The third kappa shape index (κ3) is 2.67. The zero-order valence-corrected chi connectivity index (χ0v) is 12.5. The van der Waals surface area contributed by atoms with Crippen molar-refractivity contribution in [3.63, 3.8) is 0 Å². The van der Waals surface area contributed by atoms with Gasteiger partial charge in [0, 0.05) is 11.8 Å². The number of aromatic nitrogens is 2. The van der Waals surface area contributed by atoms with E-state index in [9.17, 15) is 9.50 Å². The molecule has 1 aromatic carbocycles. The lowest BCUT2D eigenvalue weighted by molar-refractivity contribution is 0.242. The van der Waals surface area contributed by atoms with Crippen molar-refractivity contribution in [2.45, 2.75) is 26.6 Å². The molecule has 3 aromatic rings. The lowest BCUT2D eigenvalue weighted by Crippen LogP contribution is -2.05. The summed E-state index contributed by atoms with van der Waals surface area (Å²) in [6, 6.07) is 10.4. The fraction of sp³-hybridized carbons (Fsp3) is 0.235. The van der Waals surface area contributed by atoms with E-state index in [2.05, 4.69) is 4.98 Å². The Morgan fingerprint density at radius 2 is 1.91 bits per heavy atom. The van der Waals surface area contributed by atoms with Crippen LogP contribution in [0.4, 0.5) is 4.39 Å². The quantitative estimate of drug-likeness (QED) is 0.803. The molecule has 0 saturated heterocycles. The molecule has 4 nitrogen and oxygen atoms in total. The van der Waals surface area contributed by atoms with E-state index < -0.39 is 0 Å². The molecule has 2 aromatic heterocycles. The molecule has 2 heterocycles. The summed E-state index contributed by atoms with van der Waals surface area (Å²) in [4.78, 5) is 4.48. The van der Waals surface area contributed by atoms with Crippen molar-refractivity contribution in [3.05, 3.63) is 54.1 Å². The first-order valence-corrected chi connectivity index (χ1v) is 7.13. The molecule has 3 rings (SSSR count). The van der Waals surface area contributed by atoms with Gasteiger partial charge in [-0.3, -0.25) is 4.40 Å². The highest BCUT2D eigenvalue weighted by Gasteiger charge is 2.14. The topological polar surface area (TPSA) is 46.8 Å². The molecule has 0 unspecified atom stereocenters. The molecule has 0 spiro atoms. The first-order valence-electron chi connectivity index (χ1n) is 7.13. The Morgan fingerprint density at radius 1 is 1.18 bits per heavy atom. The van der Waals surface area contributed by atoms with E-state index in [1.807, 2.05) is 38.1 Å². The van der Waals surface area contributed by atoms with Gasteiger partial charge in [0.05, 0.1) is 24.1 Å². The molecule has 22 heavy (non-hydrogen) atoms. The number of rotatable bonds is 4. The highest BCUT2D eigenvalue weighted by Crippen LogP contribution is 2.27. The number of imidazole rings is 1. The van der Waals surface area contributed by atoms with E-state index in [1.165, 1.54) is 12.3 Å². The molecule has 114 valence electrons. The molecule has 5 heteroatoms. The van der Waals surface area contributed by atoms with Crippen LogP contribution in [0.5, 0.6) is 5.75 Å². The fourth-order valence-electron chi connectivity index (χ4n) is 2.41. The summed E-state index contributed by atoms with van der Waals surface area (Å²) in [6.07, 6.45) is 1.44. The van der Waals surface area contributed by atoms with Crippen molar-refractivity contribution in [2.75, 3.05) is 0 Å². The molecular formula is C17H17FN2O2. The SMILES string of the molecule is CC(C)Oc1ccc(-c2nc3ccc(F)cn3c2CO)cc1. The predicted molar refractivity (Wildman–Crippen MR) is 82.3 cm³/mol. The molecule has 0 aliphatic heterocycles. The van der Waals surface area contributed by atoms with Gasteiger partial charge >= 0.3 is 0 Å². The van der Waals surface area contributed by atoms with Gasteiger partial charge in [-0.15, -0.1) is 0 Å². The summed E-state index contributed by atoms with van der Waals surface area (Å²) in [5.41, 5.74) is 2.66. The number of benzene rings is 1. The predicted octanol–water partition coefficient (Wildman–Crippen LogP) is 3.42. The van der Waals surface area contributed by atoms with Crippen LogP contribution in [0.2, 0.25) is 0 Å². The van der Waals surface area contributed by atoms with E-state index in [0.717, 1.165) is 11.3 Å². The third-order valence-corrected chi connectivity index (χ3v) is 3.33. The van der Waals surface area contributed by atoms with Gasteiger partial charge in [-0.25, -0.2) is 9.37 Å². The van der Waals surface area contributed by atoms with Crippen LogP contribution in [0.3, 0.4) is 0 Å². The van der Waals surface area contributed by atoms with Crippen LogP contribution in [-0.2, 0) is 6.61 Å². The molecule has 0 saturated carbocycles. The van der Waals surface area contributed by atoms with Crippen molar-refractivity contribution in [1.29, 1.82) is 0 Å². The Labute approximate surface area is 127 Å². The van der Waals surface area contributed by atoms with E-state index >= 15 is 0 Å². The largest absolute Gasteiger partial charge is 0.491 e. The van der Waals surface area contributed by atoms with Gasteiger partial charge in [0.1, 0.15) is 17.2 Å². The Balaban J connectivity index is 2.05. The average molecular weight is 300 g/mol. The van der Waals surface area contributed by atoms with E-state index in [1.54, 1.807) is 10.5 Å². The summed E-state index contributed by atoms with van der Waals surface area (Å²) < 4.78 is 20.6. The highest BCUT2D eigenvalue weighted by molar-refractivity contribution is 5.67. The second kappa shape index (κ2) is 5.77. The summed E-state index contributed by atoms with van der Waals surface area (Å²) in [7, 11) is 0. The maximum Gasteiger partial charge on any atom is 0.139 e. The zero-order valence-electron chi connectivity index (χ0n) is 12.5. The van der Waals surface area contributed by atoms with Crippen LogP contribution < -0.4 is 4.74 Å². The minimum absolute atomic E-state index is 0.108. The normalized spacial score (nSPS) is 11.3. The van der Waals surface area contributed by atoms with Crippen molar-refractivity contribution in [2.24, 2.45) is 0 Å². The van der Waals surface area contributed by atoms with Crippen LogP contribution in [-0.4, -0.2) is 20.6 Å².